The summed E-state index contributed by atoms with van der Waals surface area (Å²) in [7, 11) is 1.46. The molecule has 12 heteroatoms. The molecule has 1 aliphatic rings. The fraction of sp³-hybridized carbons (Fsp3) is 0.200. The average molecular weight is 508 g/mol. The van der Waals surface area contributed by atoms with Crippen LogP contribution in [-0.2, 0) is 11.3 Å². The molecule has 1 fully saturated rings. The van der Waals surface area contributed by atoms with Crippen molar-refractivity contribution in [1.82, 2.24) is 19.3 Å². The van der Waals surface area contributed by atoms with Crippen LogP contribution < -0.4 is 15.3 Å². The topological polar surface area (TPSA) is 98.2 Å². The van der Waals surface area contributed by atoms with Crippen molar-refractivity contribution in [3.63, 3.8) is 0 Å². The highest BCUT2D eigenvalue weighted by atomic mass is 19.1. The highest BCUT2D eigenvalue weighted by Gasteiger charge is 2.44. The molecule has 0 unspecified atom stereocenters. The molecule has 2 aromatic heterocycles. The van der Waals surface area contributed by atoms with E-state index in [2.05, 4.69) is 16.2 Å². The lowest BCUT2D eigenvalue weighted by Gasteiger charge is -2.44. The van der Waals surface area contributed by atoms with Gasteiger partial charge in [-0.1, -0.05) is 6.07 Å². The highest BCUT2D eigenvalue weighted by molar-refractivity contribution is 5.51. The number of anilines is 1. The fourth-order valence-corrected chi connectivity index (χ4v) is 3.89. The summed E-state index contributed by atoms with van der Waals surface area (Å²) in [5, 5.41) is 13.3. The molecule has 3 heterocycles. The van der Waals surface area contributed by atoms with Crippen LogP contribution in [0.5, 0.6) is 11.5 Å². The SMILES string of the molecule is COC1(C#N)CN(c2cc(Oc3ccc(-n4ncn(Cc5c(F)cccc5F)c4=O)cc3)c(F)cn2)C1. The Kier molecular flexibility index (Phi) is 6.14. The Morgan fingerprint density at radius 3 is 2.43 bits per heavy atom. The molecule has 0 atom stereocenters. The number of nitriles is 1. The zero-order chi connectivity index (χ0) is 26.2. The number of hydrogen-bond acceptors (Lipinski definition) is 7. The molecule has 9 nitrogen and oxygen atoms in total. The third-order valence-electron chi connectivity index (χ3n) is 6.05. The first-order chi connectivity index (χ1) is 17.8. The third kappa shape index (κ3) is 4.52. The minimum absolute atomic E-state index is 0.0713. The van der Waals surface area contributed by atoms with Crippen molar-refractivity contribution in [3.8, 4) is 23.3 Å². The van der Waals surface area contributed by atoms with Crippen molar-refractivity contribution in [1.29, 1.82) is 5.26 Å². The first kappa shape index (κ1) is 24.1. The van der Waals surface area contributed by atoms with Crippen molar-refractivity contribution in [2.75, 3.05) is 25.1 Å². The first-order valence-electron chi connectivity index (χ1n) is 11.0. The Balaban J connectivity index is 1.31. The van der Waals surface area contributed by atoms with Gasteiger partial charge in [-0.05, 0) is 36.4 Å². The average Bonchev–Trinajstić information content (AvgIpc) is 3.23. The predicted molar refractivity (Wildman–Crippen MR) is 125 cm³/mol. The van der Waals surface area contributed by atoms with E-state index < -0.39 is 28.7 Å². The minimum Gasteiger partial charge on any atom is -0.454 e. The number of halogens is 3. The van der Waals surface area contributed by atoms with Gasteiger partial charge in [0, 0.05) is 18.7 Å². The molecule has 37 heavy (non-hydrogen) atoms. The van der Waals surface area contributed by atoms with Crippen LogP contribution in [0, 0.1) is 28.8 Å². The second kappa shape index (κ2) is 9.44. The van der Waals surface area contributed by atoms with Crippen LogP contribution >= 0.6 is 0 Å². The number of nitrogens with zero attached hydrogens (tertiary/aromatic N) is 6. The summed E-state index contributed by atoms with van der Waals surface area (Å²) in [6.45, 7) is 0.258. The Labute approximate surface area is 208 Å². The molecule has 0 aliphatic carbocycles. The number of rotatable bonds is 7. The lowest BCUT2D eigenvalue weighted by Crippen LogP contribution is -2.62. The molecule has 0 spiro atoms. The molecule has 0 amide bonds. The first-order valence-corrected chi connectivity index (χ1v) is 11.0. The van der Waals surface area contributed by atoms with Gasteiger partial charge in [0.05, 0.1) is 31.5 Å². The van der Waals surface area contributed by atoms with Gasteiger partial charge in [0.2, 0.25) is 0 Å². The molecule has 1 aliphatic heterocycles. The number of aromatic nitrogens is 4. The molecule has 4 aromatic rings. The highest BCUT2D eigenvalue weighted by Crippen LogP contribution is 2.33. The normalized spacial score (nSPS) is 14.2. The molecule has 0 bridgehead atoms. The molecular formula is C25H19F3N6O3. The summed E-state index contributed by atoms with van der Waals surface area (Å²) < 4.78 is 55.3. The Morgan fingerprint density at radius 1 is 1.08 bits per heavy atom. The van der Waals surface area contributed by atoms with Crippen molar-refractivity contribution >= 4 is 5.82 Å². The minimum atomic E-state index is -0.915. The van der Waals surface area contributed by atoms with Crippen LogP contribution in [0.4, 0.5) is 19.0 Å². The standard InChI is InChI=1S/C25H19F3N6O3/c1-36-25(12-29)13-33(14-25)23-9-22(21(28)10-30-23)37-17-7-5-16(6-8-17)34-24(35)32(15-31-34)11-18-19(26)3-2-4-20(18)27/h2-10,15H,11,13-14H2,1H3. The fourth-order valence-electron chi connectivity index (χ4n) is 3.89. The molecular weight excluding hydrogens is 489 g/mol. The zero-order valence-electron chi connectivity index (χ0n) is 19.4. The Bertz CT molecular complexity index is 1540. The van der Waals surface area contributed by atoms with Gasteiger partial charge in [-0.2, -0.15) is 15.0 Å². The number of pyridine rings is 1. The van der Waals surface area contributed by atoms with Gasteiger partial charge in [-0.25, -0.2) is 22.9 Å². The van der Waals surface area contributed by atoms with E-state index >= 15 is 0 Å². The predicted octanol–water partition coefficient (Wildman–Crippen LogP) is 3.42. The molecule has 0 saturated carbocycles. The second-order valence-corrected chi connectivity index (χ2v) is 8.39. The summed E-state index contributed by atoms with van der Waals surface area (Å²) in [4.78, 5) is 18.6. The van der Waals surface area contributed by atoms with Gasteiger partial charge in [0.1, 0.15) is 35.6 Å². The van der Waals surface area contributed by atoms with E-state index in [0.717, 1.165) is 27.6 Å². The summed E-state index contributed by atoms with van der Waals surface area (Å²) in [6, 6.07) is 13.1. The largest absolute Gasteiger partial charge is 0.454 e. The smallest absolute Gasteiger partial charge is 0.350 e. The number of hydrogen-bond donors (Lipinski definition) is 0. The molecule has 5 rings (SSSR count). The maximum Gasteiger partial charge on any atom is 0.350 e. The number of methoxy groups -OCH3 is 1. The molecule has 1 saturated heterocycles. The molecule has 0 radical (unpaired) electrons. The van der Waals surface area contributed by atoms with Crippen LogP contribution in [0.15, 0.2) is 65.8 Å². The summed E-state index contributed by atoms with van der Waals surface area (Å²) in [5.74, 6) is -1.55. The van der Waals surface area contributed by atoms with E-state index in [0.29, 0.717) is 11.5 Å². The quantitative estimate of drug-likeness (QED) is 0.377. The van der Waals surface area contributed by atoms with Crippen LogP contribution in [0.1, 0.15) is 5.56 Å². The second-order valence-electron chi connectivity index (χ2n) is 8.39. The van der Waals surface area contributed by atoms with E-state index in [4.69, 9.17) is 9.47 Å². The lowest BCUT2D eigenvalue weighted by atomic mass is 9.96. The van der Waals surface area contributed by atoms with Crippen LogP contribution in [-0.4, -0.2) is 45.1 Å². The number of ether oxygens (including phenoxy) is 2. The van der Waals surface area contributed by atoms with Gasteiger partial charge in [0.25, 0.3) is 0 Å². The monoisotopic (exact) mass is 508 g/mol. The van der Waals surface area contributed by atoms with Crippen molar-refractivity contribution in [3.05, 3.63) is 94.6 Å². The van der Waals surface area contributed by atoms with Crippen molar-refractivity contribution in [2.24, 2.45) is 0 Å². The maximum atomic E-state index is 14.4. The van der Waals surface area contributed by atoms with Gasteiger partial charge in [-0.15, -0.1) is 0 Å². The third-order valence-corrected chi connectivity index (χ3v) is 6.05. The number of benzene rings is 2. The van der Waals surface area contributed by atoms with Gasteiger partial charge in [-0.3, -0.25) is 4.57 Å². The Hall–Kier alpha value is -4.63. The van der Waals surface area contributed by atoms with Crippen LogP contribution in [0.25, 0.3) is 5.69 Å². The summed E-state index contributed by atoms with van der Waals surface area (Å²) >= 11 is 0. The van der Waals surface area contributed by atoms with Gasteiger partial charge < -0.3 is 14.4 Å². The summed E-state index contributed by atoms with van der Waals surface area (Å²) in [6.07, 6.45) is 2.22. The molecule has 0 N–H and O–H groups in total. The van der Waals surface area contributed by atoms with Crippen molar-refractivity contribution < 1.29 is 22.6 Å². The van der Waals surface area contributed by atoms with Gasteiger partial charge in [0.15, 0.2) is 17.2 Å². The van der Waals surface area contributed by atoms with E-state index in [-0.39, 0.29) is 36.7 Å². The molecule has 2 aromatic carbocycles. The van der Waals surface area contributed by atoms with Crippen LogP contribution in [0.3, 0.4) is 0 Å². The Morgan fingerprint density at radius 2 is 1.78 bits per heavy atom. The summed E-state index contributed by atoms with van der Waals surface area (Å²) in [5.41, 5.74) is -1.39. The molecule has 188 valence electrons. The van der Waals surface area contributed by atoms with E-state index in [9.17, 15) is 23.2 Å². The lowest BCUT2D eigenvalue weighted by molar-refractivity contribution is 0.0151. The van der Waals surface area contributed by atoms with Crippen LogP contribution in [0.2, 0.25) is 0 Å². The zero-order valence-corrected chi connectivity index (χ0v) is 19.4. The van der Waals surface area contributed by atoms with Gasteiger partial charge >= 0.3 is 5.69 Å². The maximum absolute atomic E-state index is 14.4. The van der Waals surface area contributed by atoms with E-state index in [1.54, 1.807) is 4.90 Å². The van der Waals surface area contributed by atoms with E-state index in [1.807, 2.05) is 0 Å². The van der Waals surface area contributed by atoms with Crippen molar-refractivity contribution in [2.45, 2.75) is 12.1 Å². The van der Waals surface area contributed by atoms with E-state index in [1.165, 1.54) is 49.8 Å².